The molecular weight excluding hydrogens is 300 g/mol. The second-order valence-corrected chi connectivity index (χ2v) is 8.27. The molecule has 0 aliphatic carbocycles. The topological polar surface area (TPSA) is 66.5 Å². The molecular formula is C16H22N2O3S. The molecule has 2 heterocycles. The molecule has 1 saturated heterocycles. The number of carbonyl (C=O) groups excluding carboxylic acids is 1. The van der Waals surface area contributed by atoms with Gasteiger partial charge in [-0.1, -0.05) is 6.92 Å². The minimum absolute atomic E-state index is 0.000729. The van der Waals surface area contributed by atoms with Crippen LogP contribution < -0.4 is 5.32 Å². The Labute approximate surface area is 131 Å². The maximum Gasteiger partial charge on any atom is 0.243 e. The van der Waals surface area contributed by atoms with Crippen LogP contribution in [0, 0.1) is 5.92 Å². The van der Waals surface area contributed by atoms with Gasteiger partial charge in [0.1, 0.15) is 0 Å². The van der Waals surface area contributed by atoms with Crippen LogP contribution in [0.25, 0.3) is 0 Å². The van der Waals surface area contributed by atoms with E-state index in [9.17, 15) is 13.2 Å². The molecule has 1 aromatic carbocycles. The molecule has 1 aromatic rings. The normalized spacial score (nSPS) is 23.5. The lowest BCUT2D eigenvalue weighted by Gasteiger charge is -2.30. The van der Waals surface area contributed by atoms with E-state index in [1.165, 1.54) is 0 Å². The van der Waals surface area contributed by atoms with E-state index >= 15 is 0 Å². The van der Waals surface area contributed by atoms with Crippen LogP contribution >= 0.6 is 0 Å². The van der Waals surface area contributed by atoms with E-state index in [-0.39, 0.29) is 5.91 Å². The first-order valence-corrected chi connectivity index (χ1v) is 9.34. The second kappa shape index (κ2) is 6.01. The van der Waals surface area contributed by atoms with Gasteiger partial charge in [0.05, 0.1) is 4.90 Å². The Morgan fingerprint density at radius 3 is 2.82 bits per heavy atom. The third-order valence-corrected chi connectivity index (χ3v) is 6.32. The monoisotopic (exact) mass is 322 g/mol. The third-order valence-electron chi connectivity index (χ3n) is 4.46. The first-order chi connectivity index (χ1) is 10.5. The van der Waals surface area contributed by atoms with Crippen molar-refractivity contribution in [1.29, 1.82) is 0 Å². The number of piperidine rings is 1. The summed E-state index contributed by atoms with van der Waals surface area (Å²) in [4.78, 5) is 11.9. The number of carbonyl (C=O) groups is 1. The molecule has 0 aromatic heterocycles. The Morgan fingerprint density at radius 2 is 2.05 bits per heavy atom. The number of benzene rings is 1. The molecule has 22 heavy (non-hydrogen) atoms. The number of hydrogen-bond donors (Lipinski definition) is 1. The zero-order valence-corrected chi connectivity index (χ0v) is 13.7. The zero-order valence-electron chi connectivity index (χ0n) is 12.8. The van der Waals surface area contributed by atoms with Crippen molar-refractivity contribution in [2.24, 2.45) is 5.92 Å². The number of anilines is 1. The Hall–Kier alpha value is -1.40. The number of amides is 1. The van der Waals surface area contributed by atoms with Gasteiger partial charge in [-0.3, -0.25) is 4.79 Å². The minimum Gasteiger partial charge on any atom is -0.326 e. The first kappa shape index (κ1) is 15.5. The molecule has 2 aliphatic heterocycles. The van der Waals surface area contributed by atoms with E-state index < -0.39 is 10.0 Å². The highest BCUT2D eigenvalue weighted by Crippen LogP contribution is 2.28. The molecule has 1 fully saturated rings. The fourth-order valence-electron chi connectivity index (χ4n) is 3.23. The molecule has 1 atom stereocenters. The van der Waals surface area contributed by atoms with E-state index in [0.29, 0.717) is 30.3 Å². The van der Waals surface area contributed by atoms with Crippen molar-refractivity contribution in [3.05, 3.63) is 23.8 Å². The molecule has 0 spiro atoms. The van der Waals surface area contributed by atoms with Crippen LogP contribution in [0.3, 0.4) is 0 Å². The predicted octanol–water partition coefficient (Wildman–Crippen LogP) is 2.38. The van der Waals surface area contributed by atoms with Gasteiger partial charge in [-0.05, 0) is 55.4 Å². The standard InChI is InChI=1S/C16H22N2O3S/c1-12-4-3-9-18(11-12)22(20,21)14-7-8-15-13(10-14)5-2-6-16(19)17-15/h7-8,10,12H,2-6,9,11H2,1H3,(H,17,19). The molecule has 2 aliphatic rings. The number of nitrogens with zero attached hydrogens (tertiary/aromatic N) is 1. The summed E-state index contributed by atoms with van der Waals surface area (Å²) < 4.78 is 27.2. The quantitative estimate of drug-likeness (QED) is 0.909. The predicted molar refractivity (Wildman–Crippen MR) is 85.2 cm³/mol. The summed E-state index contributed by atoms with van der Waals surface area (Å²) in [6, 6.07) is 5.06. The van der Waals surface area contributed by atoms with Gasteiger partial charge >= 0.3 is 0 Å². The molecule has 3 rings (SSSR count). The smallest absolute Gasteiger partial charge is 0.243 e. The molecule has 6 heteroatoms. The Balaban J connectivity index is 1.91. The average Bonchev–Trinajstić information content (AvgIpc) is 2.67. The molecule has 0 bridgehead atoms. The molecule has 1 N–H and O–H groups in total. The zero-order chi connectivity index (χ0) is 15.7. The SMILES string of the molecule is CC1CCCN(S(=O)(=O)c2ccc3c(c2)CCCC(=O)N3)C1. The Bertz CT molecular complexity index is 685. The second-order valence-electron chi connectivity index (χ2n) is 6.33. The number of fused-ring (bicyclic) bond motifs is 1. The maximum absolute atomic E-state index is 12.8. The number of aryl methyl sites for hydroxylation is 1. The fourth-order valence-corrected chi connectivity index (χ4v) is 4.87. The van der Waals surface area contributed by atoms with E-state index in [4.69, 9.17) is 0 Å². The molecule has 0 radical (unpaired) electrons. The van der Waals surface area contributed by atoms with Gasteiger partial charge in [-0.15, -0.1) is 0 Å². The first-order valence-electron chi connectivity index (χ1n) is 7.90. The van der Waals surface area contributed by atoms with Gasteiger partial charge in [0.2, 0.25) is 15.9 Å². The van der Waals surface area contributed by atoms with Crippen LogP contribution in [-0.2, 0) is 21.2 Å². The Morgan fingerprint density at radius 1 is 1.23 bits per heavy atom. The van der Waals surface area contributed by atoms with Gasteiger partial charge in [0, 0.05) is 25.2 Å². The number of nitrogens with one attached hydrogen (secondary N) is 1. The highest BCUT2D eigenvalue weighted by Gasteiger charge is 2.29. The van der Waals surface area contributed by atoms with Crippen molar-refractivity contribution in [3.8, 4) is 0 Å². The molecule has 0 saturated carbocycles. The Kier molecular flexibility index (Phi) is 4.23. The van der Waals surface area contributed by atoms with Crippen molar-refractivity contribution in [2.45, 2.75) is 43.9 Å². The lowest BCUT2D eigenvalue weighted by atomic mass is 10.0. The van der Waals surface area contributed by atoms with Crippen LogP contribution in [0.15, 0.2) is 23.1 Å². The lowest BCUT2D eigenvalue weighted by molar-refractivity contribution is -0.116. The van der Waals surface area contributed by atoms with Crippen LogP contribution in [0.5, 0.6) is 0 Å². The average molecular weight is 322 g/mol. The van der Waals surface area contributed by atoms with Gasteiger partial charge in [0.25, 0.3) is 0 Å². The van der Waals surface area contributed by atoms with Crippen molar-refractivity contribution in [1.82, 2.24) is 4.31 Å². The van der Waals surface area contributed by atoms with Crippen LogP contribution in [0.4, 0.5) is 5.69 Å². The molecule has 5 nitrogen and oxygen atoms in total. The fraction of sp³-hybridized carbons (Fsp3) is 0.562. The van der Waals surface area contributed by atoms with Crippen LogP contribution in [0.1, 0.15) is 38.2 Å². The highest BCUT2D eigenvalue weighted by molar-refractivity contribution is 7.89. The largest absolute Gasteiger partial charge is 0.326 e. The van der Waals surface area contributed by atoms with Crippen molar-refractivity contribution in [2.75, 3.05) is 18.4 Å². The van der Waals surface area contributed by atoms with E-state index in [1.807, 2.05) is 0 Å². The summed E-state index contributed by atoms with van der Waals surface area (Å²) >= 11 is 0. The van der Waals surface area contributed by atoms with Crippen molar-refractivity contribution in [3.63, 3.8) is 0 Å². The third kappa shape index (κ3) is 3.03. The summed E-state index contributed by atoms with van der Waals surface area (Å²) in [6.45, 7) is 3.28. The number of hydrogen-bond acceptors (Lipinski definition) is 3. The lowest BCUT2D eigenvalue weighted by Crippen LogP contribution is -2.39. The van der Waals surface area contributed by atoms with Gasteiger partial charge < -0.3 is 5.32 Å². The summed E-state index contributed by atoms with van der Waals surface area (Å²) in [5.41, 5.74) is 1.66. The number of sulfonamides is 1. The summed E-state index contributed by atoms with van der Waals surface area (Å²) in [5, 5.41) is 2.84. The van der Waals surface area contributed by atoms with Crippen LogP contribution in [-0.4, -0.2) is 31.7 Å². The molecule has 120 valence electrons. The van der Waals surface area contributed by atoms with E-state index in [2.05, 4.69) is 12.2 Å². The van der Waals surface area contributed by atoms with E-state index in [1.54, 1.807) is 22.5 Å². The van der Waals surface area contributed by atoms with Crippen LogP contribution in [0.2, 0.25) is 0 Å². The minimum atomic E-state index is -3.43. The van der Waals surface area contributed by atoms with Gasteiger partial charge in [-0.25, -0.2) is 8.42 Å². The van der Waals surface area contributed by atoms with Gasteiger partial charge in [-0.2, -0.15) is 4.31 Å². The highest BCUT2D eigenvalue weighted by atomic mass is 32.2. The maximum atomic E-state index is 12.8. The van der Waals surface area contributed by atoms with E-state index in [0.717, 1.165) is 36.9 Å². The molecule has 1 unspecified atom stereocenters. The number of rotatable bonds is 2. The molecule has 1 amide bonds. The summed E-state index contributed by atoms with van der Waals surface area (Å²) in [6.07, 6.45) is 3.97. The van der Waals surface area contributed by atoms with Gasteiger partial charge in [0.15, 0.2) is 0 Å². The van der Waals surface area contributed by atoms with Crippen molar-refractivity contribution >= 4 is 21.6 Å². The summed E-state index contributed by atoms with van der Waals surface area (Å²) in [7, 11) is -3.43. The summed E-state index contributed by atoms with van der Waals surface area (Å²) in [5.74, 6) is 0.405. The van der Waals surface area contributed by atoms with Crippen molar-refractivity contribution < 1.29 is 13.2 Å².